The van der Waals surface area contributed by atoms with E-state index in [0.29, 0.717) is 24.3 Å². The first-order valence-corrected chi connectivity index (χ1v) is 10.7. The van der Waals surface area contributed by atoms with Gasteiger partial charge in [0.05, 0.1) is 11.6 Å². The second-order valence-electron chi connectivity index (χ2n) is 9.04. The fourth-order valence-electron chi connectivity index (χ4n) is 3.72. The maximum absolute atomic E-state index is 13.1. The van der Waals surface area contributed by atoms with Crippen molar-refractivity contribution >= 4 is 11.7 Å². The maximum Gasteiger partial charge on any atom is 0.322 e. The number of carbonyl (C=O) groups is 1. The Bertz CT molecular complexity index is 887. The zero-order valence-electron chi connectivity index (χ0n) is 18.3. The Hall–Kier alpha value is -2.84. The average Bonchev–Trinajstić information content (AvgIpc) is 3.24. The van der Waals surface area contributed by atoms with E-state index in [9.17, 15) is 4.79 Å². The summed E-state index contributed by atoms with van der Waals surface area (Å²) >= 11 is 0. The second kappa shape index (κ2) is 9.77. The Kier molecular flexibility index (Phi) is 7.12. The molecule has 2 aromatic carbocycles. The lowest BCUT2D eigenvalue weighted by atomic mass is 9.87. The summed E-state index contributed by atoms with van der Waals surface area (Å²) in [5.41, 5.74) is 3.69. The quantitative estimate of drug-likeness (QED) is 0.738. The van der Waals surface area contributed by atoms with Gasteiger partial charge in [0, 0.05) is 25.3 Å². The van der Waals surface area contributed by atoms with Crippen LogP contribution in [0.1, 0.15) is 50.3 Å². The molecule has 2 amide bonds. The van der Waals surface area contributed by atoms with Gasteiger partial charge in [-0.05, 0) is 60.7 Å². The largest absolute Gasteiger partial charge is 0.322 e. The summed E-state index contributed by atoms with van der Waals surface area (Å²) in [5.74, 6) is 0. The van der Waals surface area contributed by atoms with Crippen LogP contribution in [-0.4, -0.2) is 42.0 Å². The molecule has 1 N–H and O–H groups in total. The first-order chi connectivity index (χ1) is 14.3. The number of nitrogens with one attached hydrogen (secondary N) is 1. The van der Waals surface area contributed by atoms with Crippen LogP contribution in [0.4, 0.5) is 10.5 Å². The molecule has 0 saturated carbocycles. The van der Waals surface area contributed by atoms with Gasteiger partial charge in [0.2, 0.25) is 0 Å². The summed E-state index contributed by atoms with van der Waals surface area (Å²) < 4.78 is 0. The van der Waals surface area contributed by atoms with Crippen molar-refractivity contribution in [3.8, 4) is 6.07 Å². The van der Waals surface area contributed by atoms with Gasteiger partial charge in [-0.2, -0.15) is 5.26 Å². The lowest BCUT2D eigenvalue weighted by molar-refractivity contribution is 0.198. The van der Waals surface area contributed by atoms with Gasteiger partial charge in [-0.3, -0.25) is 0 Å². The van der Waals surface area contributed by atoms with Gasteiger partial charge in [0.15, 0.2) is 0 Å². The number of nitrogens with zero attached hydrogens (tertiary/aromatic N) is 3. The Morgan fingerprint density at radius 2 is 1.83 bits per heavy atom. The molecule has 0 aromatic heterocycles. The van der Waals surface area contributed by atoms with E-state index in [1.807, 2.05) is 11.0 Å². The van der Waals surface area contributed by atoms with E-state index in [0.717, 1.165) is 25.2 Å². The summed E-state index contributed by atoms with van der Waals surface area (Å²) in [7, 11) is 0. The molecule has 1 fully saturated rings. The molecular weight excluding hydrogens is 372 g/mol. The second-order valence-corrected chi connectivity index (χ2v) is 9.04. The summed E-state index contributed by atoms with van der Waals surface area (Å²) in [5, 5.41) is 12.1. The van der Waals surface area contributed by atoms with Crippen molar-refractivity contribution in [2.24, 2.45) is 0 Å². The highest BCUT2D eigenvalue weighted by molar-refractivity contribution is 5.89. The molecule has 3 rings (SSSR count). The Balaban J connectivity index is 1.71. The molecule has 30 heavy (non-hydrogen) atoms. The number of benzene rings is 2. The van der Waals surface area contributed by atoms with Crippen LogP contribution in [0.5, 0.6) is 0 Å². The Labute approximate surface area is 180 Å². The third-order valence-corrected chi connectivity index (χ3v) is 5.61. The fourth-order valence-corrected chi connectivity index (χ4v) is 3.72. The molecule has 1 aliphatic heterocycles. The molecule has 0 aliphatic carbocycles. The van der Waals surface area contributed by atoms with Crippen molar-refractivity contribution in [3.05, 3.63) is 65.2 Å². The highest BCUT2D eigenvalue weighted by atomic mass is 16.2. The SMILES string of the molecule is CC(C)(C)c1ccc(CN(CCN2CCCC2)C(=O)Nc2cccc(C#N)c2)cc1. The molecule has 2 aromatic rings. The highest BCUT2D eigenvalue weighted by Crippen LogP contribution is 2.23. The number of hydrogen-bond donors (Lipinski definition) is 1. The lowest BCUT2D eigenvalue weighted by Crippen LogP contribution is -2.40. The van der Waals surface area contributed by atoms with Gasteiger partial charge in [-0.15, -0.1) is 0 Å². The maximum atomic E-state index is 13.1. The van der Waals surface area contributed by atoms with E-state index in [-0.39, 0.29) is 11.4 Å². The average molecular weight is 405 g/mol. The molecule has 0 spiro atoms. The zero-order chi connectivity index (χ0) is 21.6. The number of amides is 2. The number of likely N-dealkylation sites (tertiary alicyclic amines) is 1. The van der Waals surface area contributed by atoms with Crippen molar-refractivity contribution in [3.63, 3.8) is 0 Å². The molecule has 158 valence electrons. The minimum atomic E-state index is -0.135. The number of hydrogen-bond acceptors (Lipinski definition) is 3. The van der Waals surface area contributed by atoms with Crippen LogP contribution in [0.25, 0.3) is 0 Å². The van der Waals surface area contributed by atoms with E-state index in [1.54, 1.807) is 18.2 Å². The fraction of sp³-hybridized carbons (Fsp3) is 0.440. The number of carbonyl (C=O) groups excluding carboxylic acids is 1. The summed E-state index contributed by atoms with van der Waals surface area (Å²) in [6, 6.07) is 17.6. The third-order valence-electron chi connectivity index (χ3n) is 5.61. The number of urea groups is 1. The van der Waals surface area contributed by atoms with Crippen LogP contribution in [0, 0.1) is 11.3 Å². The van der Waals surface area contributed by atoms with E-state index in [2.05, 4.69) is 61.3 Å². The molecule has 1 heterocycles. The monoisotopic (exact) mass is 404 g/mol. The van der Waals surface area contributed by atoms with Crippen LogP contribution in [-0.2, 0) is 12.0 Å². The van der Waals surface area contributed by atoms with Crippen molar-refractivity contribution in [2.45, 2.75) is 45.6 Å². The van der Waals surface area contributed by atoms with Gasteiger partial charge in [0.1, 0.15) is 0 Å². The Morgan fingerprint density at radius 1 is 1.13 bits per heavy atom. The van der Waals surface area contributed by atoms with Gasteiger partial charge in [0.25, 0.3) is 0 Å². The number of rotatable bonds is 6. The standard InChI is InChI=1S/C25H32N4O/c1-25(2,3)22-11-9-20(10-12-22)19-29(16-15-28-13-4-5-14-28)24(30)27-23-8-6-7-21(17-23)18-26/h6-12,17H,4-5,13-16,19H2,1-3H3,(H,27,30). The van der Waals surface area contributed by atoms with Crippen LogP contribution in [0.15, 0.2) is 48.5 Å². The van der Waals surface area contributed by atoms with Crippen molar-refractivity contribution in [1.82, 2.24) is 9.80 Å². The Morgan fingerprint density at radius 3 is 2.47 bits per heavy atom. The first kappa shape index (κ1) is 21.9. The smallest absolute Gasteiger partial charge is 0.319 e. The van der Waals surface area contributed by atoms with Crippen LogP contribution in [0.3, 0.4) is 0 Å². The molecule has 1 saturated heterocycles. The predicted octanol–water partition coefficient (Wildman–Crippen LogP) is 4.99. The number of anilines is 1. The van der Waals surface area contributed by atoms with Crippen molar-refractivity contribution < 1.29 is 4.79 Å². The molecule has 5 heteroatoms. The van der Waals surface area contributed by atoms with Crippen LogP contribution < -0.4 is 5.32 Å². The van der Waals surface area contributed by atoms with E-state index in [1.165, 1.54) is 18.4 Å². The van der Waals surface area contributed by atoms with Crippen molar-refractivity contribution in [2.75, 3.05) is 31.5 Å². The molecular formula is C25H32N4O. The topological polar surface area (TPSA) is 59.4 Å². The number of nitriles is 1. The van der Waals surface area contributed by atoms with Gasteiger partial charge in [-0.25, -0.2) is 4.79 Å². The van der Waals surface area contributed by atoms with E-state index < -0.39 is 0 Å². The molecule has 0 atom stereocenters. The van der Waals surface area contributed by atoms with Crippen LogP contribution in [0.2, 0.25) is 0 Å². The van der Waals surface area contributed by atoms with Gasteiger partial charge in [-0.1, -0.05) is 51.1 Å². The molecule has 0 radical (unpaired) electrons. The van der Waals surface area contributed by atoms with Crippen LogP contribution >= 0.6 is 0 Å². The predicted molar refractivity (Wildman–Crippen MR) is 121 cm³/mol. The minimum absolute atomic E-state index is 0.108. The minimum Gasteiger partial charge on any atom is -0.319 e. The normalized spacial score (nSPS) is 14.3. The summed E-state index contributed by atoms with van der Waals surface area (Å²) in [4.78, 5) is 17.3. The van der Waals surface area contributed by atoms with E-state index >= 15 is 0 Å². The zero-order valence-corrected chi connectivity index (χ0v) is 18.3. The van der Waals surface area contributed by atoms with Crippen molar-refractivity contribution in [1.29, 1.82) is 5.26 Å². The first-order valence-electron chi connectivity index (χ1n) is 10.7. The molecule has 5 nitrogen and oxygen atoms in total. The molecule has 1 aliphatic rings. The van der Waals surface area contributed by atoms with Gasteiger partial charge < -0.3 is 15.1 Å². The highest BCUT2D eigenvalue weighted by Gasteiger charge is 2.19. The third kappa shape index (κ3) is 6.08. The molecule has 0 unspecified atom stereocenters. The summed E-state index contributed by atoms with van der Waals surface area (Å²) in [6.45, 7) is 10.9. The summed E-state index contributed by atoms with van der Waals surface area (Å²) in [6.07, 6.45) is 2.48. The van der Waals surface area contributed by atoms with Gasteiger partial charge >= 0.3 is 6.03 Å². The molecule has 0 bridgehead atoms. The lowest BCUT2D eigenvalue weighted by Gasteiger charge is -2.26. The van der Waals surface area contributed by atoms with E-state index in [4.69, 9.17) is 5.26 Å².